The quantitative estimate of drug-likeness (QED) is 0.0211. The third-order valence-electron chi connectivity index (χ3n) is 15.9. The first-order chi connectivity index (χ1) is 42.0. The number of nitrogens with zero attached hydrogens (tertiary/aromatic N) is 1. The van der Waals surface area contributed by atoms with E-state index in [2.05, 4.69) is 98.9 Å². The van der Waals surface area contributed by atoms with Gasteiger partial charge in [-0.2, -0.15) is 0 Å². The number of quaternary nitrogens is 1. The van der Waals surface area contributed by atoms with Crippen molar-refractivity contribution in [1.82, 2.24) is 0 Å². The van der Waals surface area contributed by atoms with Gasteiger partial charge in [0.25, 0.3) is 0 Å². The number of phosphoric acid groups is 1. The molecule has 86 heavy (non-hydrogen) atoms. The van der Waals surface area contributed by atoms with Crippen molar-refractivity contribution in [2.45, 2.75) is 341 Å². The average molecular weight is 1230 g/mol. The Bertz CT molecular complexity index is 1730. The molecule has 2 unspecified atom stereocenters. The molecule has 1 N–H and O–H groups in total. The fraction of sp³-hybridized carbons (Fsp3) is 0.789. The van der Waals surface area contributed by atoms with Crippen LogP contribution in [0.15, 0.2) is 85.1 Å². The van der Waals surface area contributed by atoms with Gasteiger partial charge in [-0.15, -0.1) is 0 Å². The summed E-state index contributed by atoms with van der Waals surface area (Å²) in [5, 5.41) is 0. The van der Waals surface area contributed by atoms with Crippen LogP contribution in [0.5, 0.6) is 0 Å². The molecule has 500 valence electrons. The number of unbranched alkanes of at least 4 members (excludes halogenated alkanes) is 39. The van der Waals surface area contributed by atoms with Crippen LogP contribution in [-0.2, 0) is 32.7 Å². The zero-order chi connectivity index (χ0) is 62.6. The Morgan fingerprint density at radius 3 is 0.988 bits per heavy atom. The predicted molar refractivity (Wildman–Crippen MR) is 372 cm³/mol. The van der Waals surface area contributed by atoms with Crippen LogP contribution in [-0.4, -0.2) is 74.9 Å². The molecule has 0 aliphatic rings. The maximum atomic E-state index is 12.9. The van der Waals surface area contributed by atoms with Crippen molar-refractivity contribution < 1.29 is 42.1 Å². The summed E-state index contributed by atoms with van der Waals surface area (Å²) in [6.07, 6.45) is 91.4. The number of allylic oxidation sites excluding steroid dienone is 14. The molecule has 0 fully saturated rings. The molecule has 0 aromatic heterocycles. The number of hydrogen-bond acceptors (Lipinski definition) is 7. The van der Waals surface area contributed by atoms with Crippen LogP contribution in [0.4, 0.5) is 0 Å². The summed E-state index contributed by atoms with van der Waals surface area (Å²) >= 11 is 0. The van der Waals surface area contributed by atoms with Crippen molar-refractivity contribution in [2.24, 2.45) is 0 Å². The second-order valence-corrected chi connectivity index (χ2v) is 27.0. The smallest absolute Gasteiger partial charge is 0.462 e. The normalized spacial score (nSPS) is 13.6. The van der Waals surface area contributed by atoms with E-state index < -0.39 is 26.5 Å². The molecule has 0 saturated carbocycles. The first-order valence-electron chi connectivity index (χ1n) is 36.3. The van der Waals surface area contributed by atoms with Crippen LogP contribution in [0.3, 0.4) is 0 Å². The van der Waals surface area contributed by atoms with Crippen LogP contribution in [0.25, 0.3) is 0 Å². The summed E-state index contributed by atoms with van der Waals surface area (Å²) in [5.74, 6) is -0.796. The Kier molecular flexibility index (Phi) is 64.4. The fourth-order valence-corrected chi connectivity index (χ4v) is 11.1. The number of esters is 2. The first-order valence-corrected chi connectivity index (χ1v) is 37.8. The summed E-state index contributed by atoms with van der Waals surface area (Å²) in [6, 6.07) is 0. The average Bonchev–Trinajstić information content (AvgIpc) is 3.67. The summed E-state index contributed by atoms with van der Waals surface area (Å²) in [7, 11) is 1.48. The van der Waals surface area contributed by atoms with E-state index in [0.717, 1.165) is 83.5 Å². The van der Waals surface area contributed by atoms with Crippen molar-refractivity contribution in [3.8, 4) is 0 Å². The molecular formula is C76H139NO8P+. The second kappa shape index (κ2) is 66.6. The Balaban J connectivity index is 3.91. The maximum Gasteiger partial charge on any atom is 0.472 e. The summed E-state index contributed by atoms with van der Waals surface area (Å²) in [6.45, 7) is 4.33. The molecule has 0 rings (SSSR count). The molecule has 9 nitrogen and oxygen atoms in total. The van der Waals surface area contributed by atoms with Crippen molar-refractivity contribution in [3.63, 3.8) is 0 Å². The molecule has 0 heterocycles. The van der Waals surface area contributed by atoms with E-state index in [4.69, 9.17) is 18.5 Å². The Morgan fingerprint density at radius 2 is 0.663 bits per heavy atom. The zero-order valence-corrected chi connectivity index (χ0v) is 57.9. The van der Waals surface area contributed by atoms with Gasteiger partial charge in [-0.25, -0.2) is 4.57 Å². The van der Waals surface area contributed by atoms with Gasteiger partial charge >= 0.3 is 19.8 Å². The van der Waals surface area contributed by atoms with E-state index in [-0.39, 0.29) is 32.0 Å². The van der Waals surface area contributed by atoms with E-state index in [1.54, 1.807) is 0 Å². The third kappa shape index (κ3) is 70.3. The van der Waals surface area contributed by atoms with Crippen LogP contribution >= 0.6 is 7.82 Å². The van der Waals surface area contributed by atoms with Crippen LogP contribution in [0.1, 0.15) is 335 Å². The number of ether oxygens (including phenoxy) is 2. The molecule has 0 saturated heterocycles. The lowest BCUT2D eigenvalue weighted by molar-refractivity contribution is -0.870. The number of likely N-dealkylation sites (N-methyl/N-ethyl adjacent to an activating group) is 1. The molecule has 2 atom stereocenters. The first kappa shape index (κ1) is 83.2. The van der Waals surface area contributed by atoms with Crippen LogP contribution < -0.4 is 0 Å². The largest absolute Gasteiger partial charge is 0.472 e. The number of rotatable bonds is 67. The predicted octanol–water partition coefficient (Wildman–Crippen LogP) is 23.7. The van der Waals surface area contributed by atoms with Gasteiger partial charge in [0.2, 0.25) is 0 Å². The molecule has 0 amide bonds. The minimum atomic E-state index is -4.40. The van der Waals surface area contributed by atoms with Gasteiger partial charge in [-0.3, -0.25) is 18.6 Å². The highest BCUT2D eigenvalue weighted by Gasteiger charge is 2.27. The molecular weight excluding hydrogens is 1090 g/mol. The Labute approximate surface area is 532 Å². The molecule has 0 aromatic carbocycles. The van der Waals surface area contributed by atoms with Gasteiger partial charge in [0.05, 0.1) is 27.7 Å². The van der Waals surface area contributed by atoms with E-state index in [1.165, 1.54) is 218 Å². The van der Waals surface area contributed by atoms with E-state index in [1.807, 2.05) is 21.1 Å². The SMILES string of the molecule is CC/C=C\C/C=C\C/C=C\C/C=C\CCCCCCCCCCC(=O)OC(COC(=O)CCCCCCCCCCCCCCCCCCCCCCCCCCCC/C=C\C/C=C\C/C=C\CCCCCCC)COP(=O)(O)OCC[N+](C)(C)C. The molecule has 0 aliphatic carbocycles. The lowest BCUT2D eigenvalue weighted by Gasteiger charge is -2.24. The topological polar surface area (TPSA) is 108 Å². The molecule has 0 spiro atoms. The standard InChI is InChI=1S/C76H138NO8P/c1-6-8-10-12-14-16-18-20-22-24-26-28-29-30-31-32-33-34-35-36-37-38-39-40-41-42-43-44-45-46-47-49-50-52-54-56-58-60-62-64-66-68-75(78)82-72-74(73-84-86(80,81)83-71-70-77(3,4)5)85-76(79)69-67-65-63-61-59-57-55-53-51-48-27-25-23-21-19-17-15-13-11-9-7-2/h9,11,15,17-18,20-21,23-24,26-27,29-30,48,74H,6-8,10,12-14,16,19,22,25,28,31-47,49-73H2,1-5H3/p+1/b11-9-,17-15-,20-18-,23-21-,26-24-,30-29-,48-27-. The minimum Gasteiger partial charge on any atom is -0.462 e. The summed E-state index contributed by atoms with van der Waals surface area (Å²) in [4.78, 5) is 35.8. The summed E-state index contributed by atoms with van der Waals surface area (Å²) in [5.41, 5.74) is 0. The summed E-state index contributed by atoms with van der Waals surface area (Å²) < 4.78 is 34.7. The lowest BCUT2D eigenvalue weighted by Crippen LogP contribution is -2.37. The molecule has 0 aromatic rings. The highest BCUT2D eigenvalue weighted by molar-refractivity contribution is 7.47. The molecule has 0 radical (unpaired) electrons. The molecule has 10 heteroatoms. The third-order valence-corrected chi connectivity index (χ3v) is 16.9. The van der Waals surface area contributed by atoms with Gasteiger partial charge in [-0.1, -0.05) is 317 Å². The van der Waals surface area contributed by atoms with Crippen molar-refractivity contribution in [3.05, 3.63) is 85.1 Å². The maximum absolute atomic E-state index is 12.9. The molecule has 0 aliphatic heterocycles. The fourth-order valence-electron chi connectivity index (χ4n) is 10.4. The number of carbonyl (C=O) groups excluding carboxylic acids is 2. The minimum absolute atomic E-state index is 0.0286. The number of phosphoric ester groups is 1. The van der Waals surface area contributed by atoms with E-state index >= 15 is 0 Å². The lowest BCUT2D eigenvalue weighted by atomic mass is 10.0. The number of hydrogen-bond donors (Lipinski definition) is 1. The Morgan fingerprint density at radius 1 is 0.372 bits per heavy atom. The van der Waals surface area contributed by atoms with Gasteiger partial charge in [-0.05, 0) is 89.9 Å². The highest BCUT2D eigenvalue weighted by atomic mass is 31.2. The monoisotopic (exact) mass is 1230 g/mol. The van der Waals surface area contributed by atoms with Crippen LogP contribution in [0, 0.1) is 0 Å². The second-order valence-electron chi connectivity index (χ2n) is 25.6. The van der Waals surface area contributed by atoms with Crippen molar-refractivity contribution in [2.75, 3.05) is 47.5 Å². The van der Waals surface area contributed by atoms with Gasteiger partial charge in [0.1, 0.15) is 19.8 Å². The van der Waals surface area contributed by atoms with Crippen LogP contribution in [0.2, 0.25) is 0 Å². The van der Waals surface area contributed by atoms with Crippen molar-refractivity contribution in [1.29, 1.82) is 0 Å². The molecule has 0 bridgehead atoms. The van der Waals surface area contributed by atoms with Gasteiger partial charge in [0, 0.05) is 12.8 Å². The van der Waals surface area contributed by atoms with Gasteiger partial charge < -0.3 is 18.9 Å². The van der Waals surface area contributed by atoms with Crippen molar-refractivity contribution >= 4 is 19.8 Å². The van der Waals surface area contributed by atoms with E-state index in [0.29, 0.717) is 17.4 Å². The van der Waals surface area contributed by atoms with E-state index in [9.17, 15) is 19.0 Å². The highest BCUT2D eigenvalue weighted by Crippen LogP contribution is 2.43. The Hall–Kier alpha value is -2.81. The van der Waals surface area contributed by atoms with Gasteiger partial charge in [0.15, 0.2) is 6.10 Å². The number of carbonyl (C=O) groups is 2. The zero-order valence-electron chi connectivity index (χ0n) is 57.0.